The number of halogens is 1. The largest absolute Gasteiger partial charge is 0.207 e. The van der Waals surface area contributed by atoms with E-state index >= 15 is 0 Å². The van der Waals surface area contributed by atoms with E-state index < -0.39 is 0 Å². The second-order valence-electron chi connectivity index (χ2n) is 2.92. The molecule has 0 aliphatic rings. The molecule has 0 aromatic heterocycles. The molecule has 0 unspecified atom stereocenters. The molecule has 0 heterocycles. The molecule has 2 heteroatoms. The first-order valence-corrected chi connectivity index (χ1v) is 4.94. The molecule has 14 heavy (non-hydrogen) atoms. The molecule has 0 aliphatic heterocycles. The zero-order chi connectivity index (χ0) is 10.6. The van der Waals surface area contributed by atoms with Crippen molar-refractivity contribution >= 4 is 18.2 Å². The normalized spacial score (nSPS) is 12.2. The zero-order valence-electron chi connectivity index (χ0n) is 8.13. The van der Waals surface area contributed by atoms with Crippen molar-refractivity contribution in [2.24, 2.45) is 0 Å². The quantitative estimate of drug-likeness (QED) is 0.562. The van der Waals surface area contributed by atoms with Crippen molar-refractivity contribution in [1.82, 2.24) is 0 Å². The first kappa shape index (κ1) is 11.1. The van der Waals surface area contributed by atoms with Gasteiger partial charge in [-0.3, -0.25) is 0 Å². The van der Waals surface area contributed by atoms with Gasteiger partial charge in [-0.25, -0.2) is 4.39 Å². The van der Waals surface area contributed by atoms with Gasteiger partial charge in [0.1, 0.15) is 5.82 Å². The fraction of sp³-hybridized carbons (Fsp3) is 0.167. The predicted molar refractivity (Wildman–Crippen MR) is 62.8 cm³/mol. The van der Waals surface area contributed by atoms with Gasteiger partial charge in [0.2, 0.25) is 0 Å². The molecule has 0 bridgehead atoms. The molecule has 1 aromatic rings. The summed E-state index contributed by atoms with van der Waals surface area (Å²) in [5.74, 6) is -0.227. The highest BCUT2D eigenvalue weighted by atomic mass is 32.1. The van der Waals surface area contributed by atoms with Crippen LogP contribution in [0.3, 0.4) is 0 Å². The lowest BCUT2D eigenvalue weighted by Gasteiger charge is -2.05. The highest BCUT2D eigenvalue weighted by Gasteiger charge is 2.01. The highest BCUT2D eigenvalue weighted by molar-refractivity contribution is 7.84. The lowest BCUT2D eigenvalue weighted by atomic mass is 10.0. The summed E-state index contributed by atoms with van der Waals surface area (Å²) >= 11 is 4.36. The molecule has 0 nitrogen and oxygen atoms in total. The van der Waals surface area contributed by atoms with Gasteiger partial charge < -0.3 is 0 Å². The van der Waals surface area contributed by atoms with Gasteiger partial charge in [-0.05, 0) is 34.6 Å². The van der Waals surface area contributed by atoms with E-state index in [1.807, 2.05) is 6.92 Å². The number of rotatable bonds is 3. The van der Waals surface area contributed by atoms with E-state index in [9.17, 15) is 4.39 Å². The maximum Gasteiger partial charge on any atom is 0.123 e. The van der Waals surface area contributed by atoms with E-state index in [-0.39, 0.29) is 5.82 Å². The van der Waals surface area contributed by atoms with Crippen LogP contribution in [-0.4, -0.2) is 0 Å². The molecule has 0 radical (unpaired) electrons. The van der Waals surface area contributed by atoms with Gasteiger partial charge in [0, 0.05) is 0 Å². The standard InChI is InChI=1S/C12H13FS/c1-3-11(12(14)4-2)9-5-7-10(13)8-6-9/h3,5-8,14H,1,4H2,2H3/b12-11-. The van der Waals surface area contributed by atoms with Crippen molar-refractivity contribution in [3.8, 4) is 0 Å². The smallest absolute Gasteiger partial charge is 0.123 e. The van der Waals surface area contributed by atoms with Crippen molar-refractivity contribution in [1.29, 1.82) is 0 Å². The van der Waals surface area contributed by atoms with Crippen LogP contribution in [0.4, 0.5) is 4.39 Å². The Morgan fingerprint density at radius 2 is 2.00 bits per heavy atom. The maximum absolute atomic E-state index is 12.7. The monoisotopic (exact) mass is 208 g/mol. The fourth-order valence-electron chi connectivity index (χ4n) is 1.22. The van der Waals surface area contributed by atoms with Crippen molar-refractivity contribution in [3.63, 3.8) is 0 Å². The van der Waals surface area contributed by atoms with Crippen molar-refractivity contribution in [2.45, 2.75) is 13.3 Å². The van der Waals surface area contributed by atoms with Crippen LogP contribution in [-0.2, 0) is 0 Å². The van der Waals surface area contributed by atoms with E-state index in [0.717, 1.165) is 22.5 Å². The molecule has 0 fully saturated rings. The second-order valence-corrected chi connectivity index (χ2v) is 3.46. The van der Waals surface area contributed by atoms with Gasteiger partial charge in [-0.2, -0.15) is 0 Å². The van der Waals surface area contributed by atoms with Crippen LogP contribution in [0.5, 0.6) is 0 Å². The molecule has 74 valence electrons. The van der Waals surface area contributed by atoms with Gasteiger partial charge in [-0.1, -0.05) is 31.7 Å². The number of allylic oxidation sites excluding steroid dienone is 3. The molecule has 1 rings (SSSR count). The molecule has 0 spiro atoms. The first-order valence-electron chi connectivity index (χ1n) is 4.49. The second kappa shape index (κ2) is 5.01. The minimum absolute atomic E-state index is 0.227. The van der Waals surface area contributed by atoms with Gasteiger partial charge in [0.15, 0.2) is 0 Å². The molecule has 0 saturated carbocycles. The van der Waals surface area contributed by atoms with Crippen molar-refractivity contribution < 1.29 is 4.39 Å². The average Bonchev–Trinajstić information content (AvgIpc) is 2.21. The van der Waals surface area contributed by atoms with Crippen LogP contribution in [0, 0.1) is 5.82 Å². The zero-order valence-corrected chi connectivity index (χ0v) is 9.02. The molecule has 0 N–H and O–H groups in total. The van der Waals surface area contributed by atoms with Gasteiger partial charge in [0.25, 0.3) is 0 Å². The van der Waals surface area contributed by atoms with Gasteiger partial charge >= 0.3 is 0 Å². The Morgan fingerprint density at radius 3 is 2.43 bits per heavy atom. The summed E-state index contributed by atoms with van der Waals surface area (Å²) in [5.41, 5.74) is 1.92. The number of benzene rings is 1. The van der Waals surface area contributed by atoms with E-state index in [1.54, 1.807) is 18.2 Å². The minimum atomic E-state index is -0.227. The lowest BCUT2D eigenvalue weighted by Crippen LogP contribution is -1.84. The Bertz CT molecular complexity index is 349. The number of thiol groups is 1. The van der Waals surface area contributed by atoms with Crippen molar-refractivity contribution in [3.05, 3.63) is 53.2 Å². The topological polar surface area (TPSA) is 0 Å². The molecule has 0 atom stereocenters. The Kier molecular flexibility index (Phi) is 3.96. The summed E-state index contributed by atoms with van der Waals surface area (Å²) in [6.45, 7) is 5.75. The first-order chi connectivity index (χ1) is 6.69. The van der Waals surface area contributed by atoms with Crippen LogP contribution in [0.25, 0.3) is 5.57 Å². The summed E-state index contributed by atoms with van der Waals surface area (Å²) in [7, 11) is 0. The van der Waals surface area contributed by atoms with Gasteiger partial charge in [0.05, 0.1) is 0 Å². The summed E-state index contributed by atoms with van der Waals surface area (Å²) in [6, 6.07) is 6.35. The van der Waals surface area contributed by atoms with E-state index in [1.165, 1.54) is 12.1 Å². The van der Waals surface area contributed by atoms with Crippen LogP contribution >= 0.6 is 12.6 Å². The van der Waals surface area contributed by atoms with Crippen LogP contribution in [0.1, 0.15) is 18.9 Å². The summed E-state index contributed by atoms with van der Waals surface area (Å²) < 4.78 is 12.7. The third kappa shape index (κ3) is 2.48. The van der Waals surface area contributed by atoms with Crippen LogP contribution in [0.2, 0.25) is 0 Å². The Labute approximate surface area is 89.6 Å². The minimum Gasteiger partial charge on any atom is -0.207 e. The summed E-state index contributed by atoms with van der Waals surface area (Å²) in [6.07, 6.45) is 2.60. The molecule has 0 aliphatic carbocycles. The van der Waals surface area contributed by atoms with Crippen molar-refractivity contribution in [2.75, 3.05) is 0 Å². The number of hydrogen-bond donors (Lipinski definition) is 1. The fourth-order valence-corrected chi connectivity index (χ4v) is 1.44. The third-order valence-electron chi connectivity index (χ3n) is 2.01. The Hall–Kier alpha value is -1.02. The van der Waals surface area contributed by atoms with Crippen LogP contribution in [0.15, 0.2) is 41.8 Å². The highest BCUT2D eigenvalue weighted by Crippen LogP contribution is 2.24. The van der Waals surface area contributed by atoms with Gasteiger partial charge in [-0.15, -0.1) is 12.6 Å². The van der Waals surface area contributed by atoms with E-state index in [0.29, 0.717) is 0 Å². The maximum atomic E-state index is 12.7. The molecule has 0 saturated heterocycles. The molecule has 0 amide bonds. The number of hydrogen-bond acceptors (Lipinski definition) is 1. The molecular weight excluding hydrogens is 195 g/mol. The van der Waals surface area contributed by atoms with E-state index in [4.69, 9.17) is 0 Å². The van der Waals surface area contributed by atoms with E-state index in [2.05, 4.69) is 19.2 Å². The lowest BCUT2D eigenvalue weighted by molar-refractivity contribution is 0.627. The molecular formula is C12H13FS. The summed E-state index contributed by atoms with van der Waals surface area (Å²) in [5, 5.41) is 0. The van der Waals surface area contributed by atoms with Crippen LogP contribution < -0.4 is 0 Å². The third-order valence-corrected chi connectivity index (χ3v) is 2.56. The average molecular weight is 208 g/mol. The Morgan fingerprint density at radius 1 is 1.43 bits per heavy atom. The predicted octanol–water partition coefficient (Wildman–Crippen LogP) is 4.06. The molecule has 1 aromatic carbocycles. The summed E-state index contributed by atoms with van der Waals surface area (Å²) in [4.78, 5) is 0.964. The SMILES string of the molecule is C=C/C(=C(/S)CC)c1ccc(F)cc1. The Balaban J connectivity index is 3.14.